The minimum atomic E-state index is -1.50. The van der Waals surface area contributed by atoms with Crippen molar-refractivity contribution in [3.63, 3.8) is 0 Å². The SMILES string of the molecule is C.C.CC(C)c1nc2c([nH]1)C(=O)C(=O)c1cc(N)ccc1-2.CC(C)c1nc2c([nH]1)C(=O)C(=O)c1cc([N+](=O)[O-])ccc1-2.CC(C)c1nc2c([nH]1)C(=O)C(=O)c1ccccc1-2.O=[N+]([O-])O. The molecular weight excluding hydrogens is 831 g/mol. The highest BCUT2D eigenvalue weighted by Gasteiger charge is 2.37. The maximum atomic E-state index is 12.1. The van der Waals surface area contributed by atoms with E-state index in [9.17, 15) is 38.9 Å². The number of non-ortho nitro benzene ring substituents is 1. The van der Waals surface area contributed by atoms with Gasteiger partial charge >= 0.3 is 0 Å². The number of fused-ring (bicyclic) bond motifs is 9. The van der Waals surface area contributed by atoms with Gasteiger partial charge in [-0.1, -0.05) is 80.7 Å². The normalized spacial score (nSPS) is 12.6. The molecule has 6 aromatic rings. The van der Waals surface area contributed by atoms with Gasteiger partial charge in [-0.2, -0.15) is 0 Å². The number of aromatic nitrogens is 6. The first kappa shape index (κ1) is 48.4. The Kier molecular flexibility index (Phi) is 14.2. The van der Waals surface area contributed by atoms with Crippen LogP contribution in [0.25, 0.3) is 33.8 Å². The van der Waals surface area contributed by atoms with Gasteiger partial charge in [0.1, 0.15) is 51.6 Å². The number of nitrogen functional groups attached to an aromatic ring is 1. The Morgan fingerprint density at radius 1 is 0.516 bits per heavy atom. The summed E-state index contributed by atoms with van der Waals surface area (Å²) in [7, 11) is 0. The molecular formula is C44H45N9O11. The van der Waals surface area contributed by atoms with E-state index < -0.39 is 44.7 Å². The van der Waals surface area contributed by atoms with Gasteiger partial charge in [0, 0.05) is 69.0 Å². The number of H-pyrrole nitrogens is 3. The maximum absolute atomic E-state index is 12.1. The van der Waals surface area contributed by atoms with Gasteiger partial charge < -0.3 is 25.9 Å². The fourth-order valence-corrected chi connectivity index (χ4v) is 6.66. The lowest BCUT2D eigenvalue weighted by atomic mass is 9.90. The summed E-state index contributed by atoms with van der Waals surface area (Å²) < 4.78 is 0. The van der Waals surface area contributed by atoms with E-state index in [1.807, 2.05) is 53.7 Å². The second kappa shape index (κ2) is 18.8. The van der Waals surface area contributed by atoms with Crippen LogP contribution in [0.2, 0.25) is 0 Å². The van der Waals surface area contributed by atoms with Crippen molar-refractivity contribution in [1.29, 1.82) is 0 Å². The zero-order valence-corrected chi connectivity index (χ0v) is 33.8. The third-order valence-corrected chi connectivity index (χ3v) is 9.79. The molecule has 3 aliphatic rings. The number of hydrogen-bond donors (Lipinski definition) is 5. The molecule has 3 aromatic carbocycles. The van der Waals surface area contributed by atoms with Gasteiger partial charge in [-0.15, -0.1) is 10.1 Å². The first-order chi connectivity index (χ1) is 29.2. The van der Waals surface area contributed by atoms with Crippen molar-refractivity contribution >= 4 is 46.1 Å². The van der Waals surface area contributed by atoms with Gasteiger partial charge in [-0.3, -0.25) is 38.9 Å². The summed E-state index contributed by atoms with van der Waals surface area (Å²) in [4.78, 5) is 113. The van der Waals surface area contributed by atoms with Crippen LogP contribution in [-0.4, -0.2) is 79.8 Å². The van der Waals surface area contributed by atoms with Crippen molar-refractivity contribution < 1.29 is 44.0 Å². The molecule has 20 nitrogen and oxygen atoms in total. The van der Waals surface area contributed by atoms with E-state index in [4.69, 9.17) is 21.1 Å². The van der Waals surface area contributed by atoms with Gasteiger partial charge in [0.05, 0.1) is 4.92 Å². The molecule has 0 saturated heterocycles. The van der Waals surface area contributed by atoms with E-state index in [0.29, 0.717) is 62.4 Å². The van der Waals surface area contributed by atoms with Crippen LogP contribution in [0.3, 0.4) is 0 Å². The highest BCUT2D eigenvalue weighted by Crippen LogP contribution is 2.37. The molecule has 0 amide bonds. The lowest BCUT2D eigenvalue weighted by Gasteiger charge is -2.13. The number of carbonyl (C=O) groups excluding carboxylic acids is 6. The molecule has 0 unspecified atom stereocenters. The first-order valence-corrected chi connectivity index (χ1v) is 18.9. The van der Waals surface area contributed by atoms with Gasteiger partial charge in [0.25, 0.3) is 28.1 Å². The number of Topliss-reactive ketones (excluding diaryl/α,β-unsaturated/α-hetero) is 6. The van der Waals surface area contributed by atoms with Crippen LogP contribution in [0.5, 0.6) is 0 Å². The molecule has 332 valence electrons. The molecule has 0 saturated carbocycles. The van der Waals surface area contributed by atoms with Crippen LogP contribution in [0, 0.1) is 20.2 Å². The van der Waals surface area contributed by atoms with Crippen LogP contribution in [0.4, 0.5) is 11.4 Å². The summed E-state index contributed by atoms with van der Waals surface area (Å²) in [5.41, 5.74) is 10.8. The van der Waals surface area contributed by atoms with Crippen molar-refractivity contribution in [3.8, 4) is 33.8 Å². The van der Waals surface area contributed by atoms with Crippen LogP contribution in [-0.2, 0) is 0 Å². The van der Waals surface area contributed by atoms with Crippen molar-refractivity contribution in [2.75, 3.05) is 5.73 Å². The Bertz CT molecular complexity index is 2900. The largest absolute Gasteiger partial charge is 0.399 e. The third kappa shape index (κ3) is 9.01. The number of nitrogens with one attached hydrogen (secondary N) is 3. The lowest BCUT2D eigenvalue weighted by Crippen LogP contribution is -2.21. The zero-order chi connectivity index (χ0) is 45.5. The Hall–Kier alpha value is -8.29. The number of nitro benzene ring substituents is 1. The quantitative estimate of drug-likeness (QED) is 0.0483. The van der Waals surface area contributed by atoms with E-state index in [2.05, 4.69) is 29.9 Å². The summed E-state index contributed by atoms with van der Waals surface area (Å²) in [5.74, 6) is -1.05. The number of aromatic amines is 3. The number of nitrogens with zero attached hydrogens (tertiary/aromatic N) is 5. The fraction of sp³-hybridized carbons (Fsp3) is 0.250. The number of imidazole rings is 3. The molecule has 3 aromatic heterocycles. The molecule has 0 bridgehead atoms. The van der Waals surface area contributed by atoms with Crippen molar-refractivity contribution in [2.24, 2.45) is 0 Å². The number of benzene rings is 3. The maximum Gasteiger partial charge on any atom is 0.291 e. The van der Waals surface area contributed by atoms with Crippen LogP contribution in [0.1, 0.15) is 154 Å². The number of anilines is 1. The summed E-state index contributed by atoms with van der Waals surface area (Å²) in [5, 5.41) is 24.4. The van der Waals surface area contributed by atoms with E-state index >= 15 is 0 Å². The second-order valence-corrected chi connectivity index (χ2v) is 15.1. The minimum absolute atomic E-state index is 0. The summed E-state index contributed by atoms with van der Waals surface area (Å²) >= 11 is 0. The van der Waals surface area contributed by atoms with Gasteiger partial charge in [0.2, 0.25) is 17.3 Å². The Labute approximate surface area is 365 Å². The first-order valence-electron chi connectivity index (χ1n) is 18.9. The van der Waals surface area contributed by atoms with E-state index in [1.54, 1.807) is 24.3 Å². The van der Waals surface area contributed by atoms with Crippen LogP contribution >= 0.6 is 0 Å². The lowest BCUT2D eigenvalue weighted by molar-refractivity contribution is -0.742. The molecule has 3 heterocycles. The number of ketones is 6. The Balaban J connectivity index is 0.000000199. The predicted molar refractivity (Wildman–Crippen MR) is 234 cm³/mol. The topological polar surface area (TPSA) is 321 Å². The predicted octanol–water partition coefficient (Wildman–Crippen LogP) is 8.15. The Morgan fingerprint density at radius 2 is 0.844 bits per heavy atom. The number of nitro groups is 1. The monoisotopic (exact) mass is 875 g/mol. The van der Waals surface area contributed by atoms with Crippen molar-refractivity contribution in [2.45, 2.75) is 74.1 Å². The number of carbonyl (C=O) groups is 6. The van der Waals surface area contributed by atoms with E-state index in [1.165, 1.54) is 18.2 Å². The highest BCUT2D eigenvalue weighted by atomic mass is 16.9. The van der Waals surface area contributed by atoms with Crippen molar-refractivity contribution in [1.82, 2.24) is 29.9 Å². The number of hydrogen-bond acceptors (Lipinski definition) is 14. The zero-order valence-electron chi connectivity index (χ0n) is 33.8. The molecule has 6 N–H and O–H groups in total. The van der Waals surface area contributed by atoms with Gasteiger partial charge in [-0.05, 0) is 24.3 Å². The fourth-order valence-electron chi connectivity index (χ4n) is 6.66. The molecule has 0 spiro atoms. The van der Waals surface area contributed by atoms with Crippen LogP contribution in [0.15, 0.2) is 60.7 Å². The molecule has 20 heteroatoms. The molecule has 0 radical (unpaired) electrons. The molecule has 0 atom stereocenters. The average Bonchev–Trinajstić information content (AvgIpc) is 4.00. The van der Waals surface area contributed by atoms with E-state index in [0.717, 1.165) is 17.5 Å². The second-order valence-electron chi connectivity index (χ2n) is 15.1. The molecule has 0 fully saturated rings. The highest BCUT2D eigenvalue weighted by molar-refractivity contribution is 6.53. The standard InChI is InChI=1S/C14H11N3O4.C14H13N3O2.C14H12N2O2.2CH4.HNO3/c1-6(2)14-15-10-8-4-3-7(17(20)21)5-9(8)12(18)13(19)11(10)16-14;1-6(2)14-16-10-8-4-3-7(15)5-9(8)12(18)13(19)11(10)17-14;1-7(2)14-15-10-8-5-3-4-6-9(8)12(17)13(18)11(10)16-14;;;2-1(3)4/h3-6H,1-2H3,(H,15,16);3-6H,15H2,1-2H3,(H,16,17);3-7H,1-2H3,(H,15,16);2*1H4;(H,2,3,4). The van der Waals surface area contributed by atoms with Gasteiger partial charge in [0.15, 0.2) is 0 Å². The van der Waals surface area contributed by atoms with Crippen molar-refractivity contribution in [3.05, 3.63) is 132 Å². The minimum Gasteiger partial charge on any atom is -0.399 e. The third-order valence-electron chi connectivity index (χ3n) is 9.79. The number of nitrogens with two attached hydrogens (primary N) is 1. The Morgan fingerprint density at radius 3 is 1.22 bits per heavy atom. The molecule has 64 heavy (non-hydrogen) atoms. The summed E-state index contributed by atoms with van der Waals surface area (Å²) in [6, 6.07) is 15.9. The smallest absolute Gasteiger partial charge is 0.291 e. The molecule has 9 rings (SSSR count). The van der Waals surface area contributed by atoms with Gasteiger partial charge in [-0.25, -0.2) is 15.0 Å². The molecule has 0 aliphatic heterocycles. The number of rotatable bonds is 4. The molecule has 3 aliphatic carbocycles. The van der Waals surface area contributed by atoms with Crippen LogP contribution < -0.4 is 5.73 Å². The van der Waals surface area contributed by atoms with E-state index in [-0.39, 0.29) is 55.2 Å². The summed E-state index contributed by atoms with van der Waals surface area (Å²) in [6.07, 6.45) is 0. The average molecular weight is 876 g/mol. The summed E-state index contributed by atoms with van der Waals surface area (Å²) in [6.45, 7) is 11.7.